The number of nitrogens with two attached hydrogens (primary N) is 1. The van der Waals surface area contributed by atoms with Gasteiger partial charge in [0.1, 0.15) is 6.10 Å². The summed E-state index contributed by atoms with van der Waals surface area (Å²) in [5, 5.41) is 0.653. The summed E-state index contributed by atoms with van der Waals surface area (Å²) < 4.78 is 5.15. The van der Waals surface area contributed by atoms with Crippen molar-refractivity contribution in [2.45, 2.75) is 20.0 Å². The van der Waals surface area contributed by atoms with E-state index in [-0.39, 0.29) is 6.10 Å². The number of hydrogen-bond donors (Lipinski definition) is 1. The van der Waals surface area contributed by atoms with Gasteiger partial charge in [-0.05, 0) is 31.5 Å². The first-order chi connectivity index (χ1) is 7.49. The molecule has 0 aliphatic heterocycles. The summed E-state index contributed by atoms with van der Waals surface area (Å²) in [6, 6.07) is 7.15. The number of hydrogen-bond acceptors (Lipinski definition) is 3. The molecule has 0 spiro atoms. The molecule has 86 valence electrons. The highest BCUT2D eigenvalue weighted by molar-refractivity contribution is 6.30. The molecule has 16 heavy (non-hydrogen) atoms. The molecule has 1 aromatic rings. The van der Waals surface area contributed by atoms with Gasteiger partial charge in [-0.2, -0.15) is 0 Å². The Morgan fingerprint density at radius 2 is 2.00 bits per heavy atom. The number of halogens is 1. The van der Waals surface area contributed by atoms with E-state index < -0.39 is 5.97 Å². The van der Waals surface area contributed by atoms with E-state index >= 15 is 0 Å². The molecule has 1 aromatic carbocycles. The molecular weight excluding hydrogens is 226 g/mol. The van der Waals surface area contributed by atoms with Crippen LogP contribution in [0, 0.1) is 0 Å². The van der Waals surface area contributed by atoms with Gasteiger partial charge in [-0.1, -0.05) is 23.7 Å². The average Bonchev–Trinajstić information content (AvgIpc) is 2.16. The summed E-state index contributed by atoms with van der Waals surface area (Å²) in [7, 11) is 0. The van der Waals surface area contributed by atoms with E-state index in [9.17, 15) is 4.79 Å². The second-order valence-corrected chi connectivity index (χ2v) is 3.96. The van der Waals surface area contributed by atoms with E-state index in [1.807, 2.05) is 12.1 Å². The van der Waals surface area contributed by atoms with Gasteiger partial charge >= 0.3 is 5.97 Å². The van der Waals surface area contributed by atoms with Crippen LogP contribution in [-0.4, -0.2) is 5.97 Å². The van der Waals surface area contributed by atoms with E-state index in [1.54, 1.807) is 26.0 Å². The molecule has 0 saturated carbocycles. The number of ether oxygens (including phenoxy) is 1. The van der Waals surface area contributed by atoms with Crippen LogP contribution >= 0.6 is 11.6 Å². The van der Waals surface area contributed by atoms with Crippen molar-refractivity contribution < 1.29 is 9.53 Å². The zero-order valence-electron chi connectivity index (χ0n) is 9.24. The van der Waals surface area contributed by atoms with Crippen LogP contribution in [0.1, 0.15) is 25.5 Å². The highest BCUT2D eigenvalue weighted by Crippen LogP contribution is 2.19. The van der Waals surface area contributed by atoms with Gasteiger partial charge in [-0.25, -0.2) is 4.79 Å². The van der Waals surface area contributed by atoms with Crippen LogP contribution in [0.4, 0.5) is 0 Å². The molecule has 0 saturated heterocycles. The van der Waals surface area contributed by atoms with E-state index in [0.717, 1.165) is 5.56 Å². The van der Waals surface area contributed by atoms with Crippen LogP contribution < -0.4 is 5.73 Å². The predicted molar refractivity (Wildman–Crippen MR) is 63.9 cm³/mol. The minimum Gasteiger partial charge on any atom is -0.455 e. The van der Waals surface area contributed by atoms with Crippen molar-refractivity contribution in [2.75, 3.05) is 0 Å². The Kier molecular flexibility index (Phi) is 4.38. The maximum absolute atomic E-state index is 11.3. The van der Waals surface area contributed by atoms with Crippen molar-refractivity contribution in [3.05, 3.63) is 46.6 Å². The van der Waals surface area contributed by atoms with Gasteiger partial charge in [0.05, 0.1) is 0 Å². The molecule has 0 amide bonds. The monoisotopic (exact) mass is 239 g/mol. The minimum absolute atomic E-state index is 0.319. The molecule has 1 unspecified atom stereocenters. The third-order valence-electron chi connectivity index (χ3n) is 1.98. The van der Waals surface area contributed by atoms with Crippen LogP contribution in [0.5, 0.6) is 0 Å². The Hall–Kier alpha value is -1.48. The smallest absolute Gasteiger partial charge is 0.333 e. The summed E-state index contributed by atoms with van der Waals surface area (Å²) in [5.74, 6) is -0.442. The van der Waals surface area contributed by atoms with Crippen molar-refractivity contribution in [3.63, 3.8) is 0 Å². The number of esters is 1. The van der Waals surface area contributed by atoms with Crippen molar-refractivity contribution in [1.29, 1.82) is 0 Å². The van der Waals surface area contributed by atoms with Gasteiger partial charge in [-0.3, -0.25) is 0 Å². The van der Waals surface area contributed by atoms with E-state index in [1.165, 1.54) is 6.08 Å². The third kappa shape index (κ3) is 3.95. The third-order valence-corrected chi connectivity index (χ3v) is 2.23. The quantitative estimate of drug-likeness (QED) is 0.652. The number of benzene rings is 1. The maximum atomic E-state index is 11.3. The van der Waals surface area contributed by atoms with Crippen LogP contribution in [-0.2, 0) is 9.53 Å². The molecule has 0 aromatic heterocycles. The Morgan fingerprint density at radius 3 is 2.50 bits per heavy atom. The van der Waals surface area contributed by atoms with Gasteiger partial charge in [0.25, 0.3) is 0 Å². The van der Waals surface area contributed by atoms with Crippen molar-refractivity contribution in [1.82, 2.24) is 0 Å². The molecule has 3 nitrogen and oxygen atoms in total. The first-order valence-corrected chi connectivity index (χ1v) is 5.26. The summed E-state index contributed by atoms with van der Waals surface area (Å²) in [6.07, 6.45) is 0.937. The first-order valence-electron chi connectivity index (χ1n) is 4.89. The van der Waals surface area contributed by atoms with E-state index in [2.05, 4.69) is 0 Å². The summed E-state index contributed by atoms with van der Waals surface area (Å²) >= 11 is 5.76. The highest BCUT2D eigenvalue weighted by Gasteiger charge is 2.09. The zero-order valence-corrected chi connectivity index (χ0v) is 9.99. The Bertz CT molecular complexity index is 394. The lowest BCUT2D eigenvalue weighted by Gasteiger charge is -2.12. The summed E-state index contributed by atoms with van der Waals surface area (Å²) in [5.41, 5.74) is 6.68. The fourth-order valence-electron chi connectivity index (χ4n) is 1.20. The molecule has 1 rings (SSSR count). The summed E-state index contributed by atoms with van der Waals surface area (Å²) in [6.45, 7) is 3.43. The highest BCUT2D eigenvalue weighted by atomic mass is 35.5. The van der Waals surface area contributed by atoms with Gasteiger partial charge < -0.3 is 10.5 Å². The lowest BCUT2D eigenvalue weighted by Crippen LogP contribution is -2.08. The number of rotatable bonds is 3. The standard InChI is InChI=1S/C12H14ClNO2/c1-8(14)7-12(15)16-9(2)10-3-5-11(13)6-4-10/h3-7,9H,14H2,1-2H3/b8-7-. The minimum atomic E-state index is -0.442. The number of carbonyl (C=O) groups excluding carboxylic acids is 1. The van der Waals surface area contributed by atoms with Gasteiger partial charge in [0, 0.05) is 16.8 Å². The SMILES string of the molecule is C/C(N)=C/C(=O)OC(C)c1ccc(Cl)cc1. The summed E-state index contributed by atoms with van der Waals surface area (Å²) in [4.78, 5) is 11.3. The Morgan fingerprint density at radius 1 is 1.44 bits per heavy atom. The van der Waals surface area contributed by atoms with Gasteiger partial charge in [0.15, 0.2) is 0 Å². The van der Waals surface area contributed by atoms with Gasteiger partial charge in [-0.15, -0.1) is 0 Å². The fourth-order valence-corrected chi connectivity index (χ4v) is 1.32. The molecule has 4 heteroatoms. The number of carbonyl (C=O) groups is 1. The molecule has 0 bridgehead atoms. The second-order valence-electron chi connectivity index (χ2n) is 3.52. The number of allylic oxidation sites excluding steroid dienone is 1. The topological polar surface area (TPSA) is 52.3 Å². The van der Waals surface area contributed by atoms with Crippen molar-refractivity contribution in [2.24, 2.45) is 5.73 Å². The molecule has 0 heterocycles. The average molecular weight is 240 g/mol. The maximum Gasteiger partial charge on any atom is 0.333 e. The Labute approximate surface area is 99.8 Å². The second kappa shape index (κ2) is 5.56. The van der Waals surface area contributed by atoms with E-state index in [0.29, 0.717) is 10.7 Å². The zero-order chi connectivity index (χ0) is 12.1. The first kappa shape index (κ1) is 12.6. The van der Waals surface area contributed by atoms with Crippen LogP contribution in [0.25, 0.3) is 0 Å². The molecule has 2 N–H and O–H groups in total. The van der Waals surface area contributed by atoms with Crippen molar-refractivity contribution >= 4 is 17.6 Å². The lowest BCUT2D eigenvalue weighted by molar-refractivity contribution is -0.142. The van der Waals surface area contributed by atoms with E-state index in [4.69, 9.17) is 22.1 Å². The van der Waals surface area contributed by atoms with Crippen LogP contribution in [0.15, 0.2) is 36.0 Å². The lowest BCUT2D eigenvalue weighted by atomic mass is 10.1. The van der Waals surface area contributed by atoms with Crippen molar-refractivity contribution in [3.8, 4) is 0 Å². The molecule has 0 fully saturated rings. The molecule has 0 aliphatic carbocycles. The molecule has 0 radical (unpaired) electrons. The predicted octanol–water partition coefficient (Wildman–Crippen LogP) is 2.81. The molecule has 0 aliphatic rings. The Balaban J connectivity index is 2.65. The molecular formula is C12H14ClNO2. The molecule has 1 atom stereocenters. The normalized spacial score (nSPS) is 13.3. The van der Waals surface area contributed by atoms with Crippen LogP contribution in [0.2, 0.25) is 5.02 Å². The van der Waals surface area contributed by atoms with Crippen LogP contribution in [0.3, 0.4) is 0 Å². The largest absolute Gasteiger partial charge is 0.455 e. The fraction of sp³-hybridized carbons (Fsp3) is 0.250. The van der Waals surface area contributed by atoms with Gasteiger partial charge in [0.2, 0.25) is 0 Å².